The molecule has 1 aliphatic carbocycles. The van der Waals surface area contributed by atoms with Gasteiger partial charge in [0.1, 0.15) is 24.3 Å². The molecule has 0 spiro atoms. The molecule has 0 radical (unpaired) electrons. The van der Waals surface area contributed by atoms with E-state index in [2.05, 4.69) is 90.6 Å². The highest BCUT2D eigenvalue weighted by atomic mass is 16.5. The summed E-state index contributed by atoms with van der Waals surface area (Å²) in [6.45, 7) is 7.62. The maximum absolute atomic E-state index is 9.02. The summed E-state index contributed by atoms with van der Waals surface area (Å²) in [5.41, 5.74) is 15.8. The molecule has 0 bridgehead atoms. The molecule has 0 fully saturated rings. The molecular weight excluding hydrogens is 464 g/mol. The second-order valence-electron chi connectivity index (χ2n) is 10.1. The maximum Gasteiger partial charge on any atom is 0.141 e. The molecule has 194 valence electrons. The van der Waals surface area contributed by atoms with E-state index >= 15 is 0 Å². The van der Waals surface area contributed by atoms with Crippen molar-refractivity contribution in [2.45, 2.75) is 65.1 Å². The van der Waals surface area contributed by atoms with Gasteiger partial charge in [0.2, 0.25) is 0 Å². The van der Waals surface area contributed by atoms with Gasteiger partial charge < -0.3 is 14.6 Å². The van der Waals surface area contributed by atoms with E-state index < -0.39 is 0 Å². The Morgan fingerprint density at radius 1 is 1.00 bits per heavy atom. The van der Waals surface area contributed by atoms with Crippen LogP contribution in [-0.2, 0) is 13.0 Å². The normalized spacial score (nSPS) is 18.1. The van der Waals surface area contributed by atoms with Crippen molar-refractivity contribution in [2.75, 3.05) is 13.2 Å². The number of rotatable bonds is 10. The van der Waals surface area contributed by atoms with Gasteiger partial charge in [-0.2, -0.15) is 5.43 Å². The number of nitrogens with zero attached hydrogens (tertiary/aromatic N) is 2. The smallest absolute Gasteiger partial charge is 0.141 e. The summed E-state index contributed by atoms with van der Waals surface area (Å²) < 4.78 is 12.1. The first-order chi connectivity index (χ1) is 18.0. The van der Waals surface area contributed by atoms with Gasteiger partial charge >= 0.3 is 0 Å². The first-order valence-corrected chi connectivity index (χ1v) is 13.1. The van der Waals surface area contributed by atoms with Gasteiger partial charge in [0, 0.05) is 13.0 Å². The summed E-state index contributed by atoms with van der Waals surface area (Å²) in [7, 11) is 0. The average Bonchev–Trinajstić information content (AvgIpc) is 3.54. The highest BCUT2D eigenvalue weighted by molar-refractivity contribution is 5.75. The molecule has 37 heavy (non-hydrogen) atoms. The highest BCUT2D eigenvalue weighted by Gasteiger charge is 2.27. The molecule has 3 N–H and O–H groups in total. The van der Waals surface area contributed by atoms with Gasteiger partial charge in [-0.1, -0.05) is 29.5 Å². The zero-order valence-electron chi connectivity index (χ0n) is 21.9. The van der Waals surface area contributed by atoms with E-state index in [1.807, 2.05) is 0 Å². The summed E-state index contributed by atoms with van der Waals surface area (Å²) >= 11 is 0. The number of fused-ring (bicyclic) bond motifs is 1. The van der Waals surface area contributed by atoms with Crippen LogP contribution in [0.1, 0.15) is 58.6 Å². The largest absolute Gasteiger partial charge is 0.493 e. The predicted molar refractivity (Wildman–Crippen MR) is 145 cm³/mol. The minimum absolute atomic E-state index is 0.0457. The van der Waals surface area contributed by atoms with E-state index in [0.717, 1.165) is 30.8 Å². The van der Waals surface area contributed by atoms with E-state index in [9.17, 15) is 0 Å². The van der Waals surface area contributed by atoms with E-state index in [4.69, 9.17) is 14.6 Å². The van der Waals surface area contributed by atoms with E-state index in [-0.39, 0.29) is 12.8 Å². The van der Waals surface area contributed by atoms with Crippen LogP contribution in [-0.4, -0.2) is 24.5 Å². The molecule has 7 nitrogen and oxygen atoms in total. The van der Waals surface area contributed by atoms with Crippen LogP contribution in [0.15, 0.2) is 58.9 Å². The third-order valence-corrected chi connectivity index (χ3v) is 7.49. The number of hydrazine groups is 1. The molecule has 1 heterocycles. The Morgan fingerprint density at radius 3 is 2.59 bits per heavy atom. The summed E-state index contributed by atoms with van der Waals surface area (Å²) in [6.07, 6.45) is 3.83. The van der Waals surface area contributed by atoms with Crippen molar-refractivity contribution in [1.82, 2.24) is 11.0 Å². The standard InChI is InChI=1S/C30H36N4O3/c1-19-14-26(36-13-5-12-35)15-20(2)30(19)27-7-4-6-24(21(27)3)18-37-25-10-11-28-22(16-25)8-9-23(28)17-29-31-33-34-32-29/h4,6-7,10-11,14-16,23,29,35H,5,8-9,12-13,17-18H2,1-3H3,(H,31,34)(H,32,33). The van der Waals surface area contributed by atoms with Gasteiger partial charge in [-0.05, 0) is 115 Å². The van der Waals surface area contributed by atoms with Gasteiger partial charge in [0.15, 0.2) is 0 Å². The van der Waals surface area contributed by atoms with Crippen LogP contribution < -0.4 is 20.4 Å². The third kappa shape index (κ3) is 5.63. The zero-order chi connectivity index (χ0) is 25.8. The van der Waals surface area contributed by atoms with Crippen molar-refractivity contribution in [3.8, 4) is 22.6 Å². The quantitative estimate of drug-likeness (QED) is 0.305. The number of hydrogen-bond acceptors (Lipinski definition) is 7. The Bertz CT molecular complexity index is 1270. The number of ether oxygens (including phenoxy) is 2. The highest BCUT2D eigenvalue weighted by Crippen LogP contribution is 2.39. The van der Waals surface area contributed by atoms with Gasteiger partial charge in [0.05, 0.1) is 6.61 Å². The van der Waals surface area contributed by atoms with Crippen LogP contribution in [0.25, 0.3) is 11.1 Å². The summed E-state index contributed by atoms with van der Waals surface area (Å²) in [5.74, 6) is 2.27. The Kier molecular flexibility index (Phi) is 7.72. The minimum atomic E-state index is 0.0457. The molecule has 2 aliphatic rings. The number of hydrogen-bond donors (Lipinski definition) is 3. The van der Waals surface area contributed by atoms with Gasteiger partial charge in [-0.25, -0.2) is 5.53 Å². The molecule has 5 rings (SSSR count). The fourth-order valence-electron chi connectivity index (χ4n) is 5.58. The maximum atomic E-state index is 9.02. The van der Waals surface area contributed by atoms with Gasteiger partial charge in [0.25, 0.3) is 0 Å². The van der Waals surface area contributed by atoms with Gasteiger partial charge in [-0.15, -0.1) is 5.11 Å². The number of aliphatic hydroxyl groups is 1. The van der Waals surface area contributed by atoms with Crippen LogP contribution in [0.5, 0.6) is 11.5 Å². The molecule has 0 amide bonds. The summed E-state index contributed by atoms with van der Waals surface area (Å²) in [5, 5.41) is 17.0. The van der Waals surface area contributed by atoms with Crippen molar-refractivity contribution in [3.63, 3.8) is 0 Å². The van der Waals surface area contributed by atoms with E-state index in [1.165, 1.54) is 44.5 Å². The zero-order valence-corrected chi connectivity index (χ0v) is 21.9. The fraction of sp³-hybridized carbons (Fsp3) is 0.400. The first-order valence-electron chi connectivity index (χ1n) is 13.1. The molecule has 0 aromatic heterocycles. The molecule has 1 aliphatic heterocycles. The third-order valence-electron chi connectivity index (χ3n) is 7.49. The first kappa shape index (κ1) is 25.2. The monoisotopic (exact) mass is 500 g/mol. The molecule has 7 heteroatoms. The SMILES string of the molecule is Cc1cc(OCCCO)cc(C)c1-c1cccc(COc2ccc3c(c2)CCC3CC2N=NNN2)c1C. The number of aliphatic hydroxyl groups excluding tert-OH is 1. The van der Waals surface area contributed by atoms with Crippen molar-refractivity contribution < 1.29 is 14.6 Å². The Morgan fingerprint density at radius 2 is 1.84 bits per heavy atom. The number of aryl methyl sites for hydroxylation is 3. The Balaban J connectivity index is 1.28. The number of benzene rings is 3. The second kappa shape index (κ2) is 11.3. The minimum Gasteiger partial charge on any atom is -0.493 e. The van der Waals surface area contributed by atoms with Crippen LogP contribution in [0.3, 0.4) is 0 Å². The van der Waals surface area contributed by atoms with Crippen LogP contribution in [0.2, 0.25) is 0 Å². The average molecular weight is 501 g/mol. The molecule has 0 saturated heterocycles. The topological polar surface area (TPSA) is 87.5 Å². The molecule has 2 atom stereocenters. The molecule has 2 unspecified atom stereocenters. The molecule has 3 aromatic carbocycles. The van der Waals surface area contributed by atoms with Crippen LogP contribution in [0, 0.1) is 20.8 Å². The number of nitrogens with one attached hydrogen (secondary N) is 2. The van der Waals surface area contributed by atoms with E-state index in [0.29, 0.717) is 25.6 Å². The van der Waals surface area contributed by atoms with E-state index in [1.54, 1.807) is 0 Å². The molecule has 0 saturated carbocycles. The van der Waals surface area contributed by atoms with Crippen LogP contribution in [0.4, 0.5) is 0 Å². The predicted octanol–water partition coefficient (Wildman–Crippen LogP) is 5.84. The lowest BCUT2D eigenvalue weighted by atomic mass is 9.90. The summed E-state index contributed by atoms with van der Waals surface area (Å²) in [6, 6.07) is 17.2. The van der Waals surface area contributed by atoms with Crippen molar-refractivity contribution >= 4 is 0 Å². The Labute approximate surface area is 218 Å². The molecule has 3 aromatic rings. The van der Waals surface area contributed by atoms with Crippen molar-refractivity contribution in [1.29, 1.82) is 0 Å². The lowest BCUT2D eigenvalue weighted by Gasteiger charge is -2.18. The molecular formula is C30H36N4O3. The van der Waals surface area contributed by atoms with Crippen LogP contribution >= 0.6 is 0 Å². The van der Waals surface area contributed by atoms with Crippen molar-refractivity contribution in [2.24, 2.45) is 10.3 Å². The lowest BCUT2D eigenvalue weighted by Crippen LogP contribution is -2.31. The van der Waals surface area contributed by atoms with Gasteiger partial charge in [-0.3, -0.25) is 0 Å². The second-order valence-corrected chi connectivity index (χ2v) is 10.1. The van der Waals surface area contributed by atoms with Crippen molar-refractivity contribution in [3.05, 3.63) is 81.9 Å². The Hall–Kier alpha value is -3.42. The lowest BCUT2D eigenvalue weighted by molar-refractivity contribution is 0.233. The summed E-state index contributed by atoms with van der Waals surface area (Å²) in [4.78, 5) is 0. The fourth-order valence-corrected chi connectivity index (χ4v) is 5.58.